The standard InChI is InChI=1S/C28H28BrN3O5/c1-18-3-12-25(24(29)13-18)31-26(33)17-37-23-10-6-21(7-11-23)32-16-20(14-27(32)34)28(35)30-15-19-4-8-22(36-2)9-5-19/h3-13,20H,14-17H2,1-2H3,(H,30,35)(H,31,33)/t20-/m0/s1. The lowest BCUT2D eigenvalue weighted by Gasteiger charge is -2.17. The zero-order valence-electron chi connectivity index (χ0n) is 20.6. The summed E-state index contributed by atoms with van der Waals surface area (Å²) in [4.78, 5) is 39.1. The summed E-state index contributed by atoms with van der Waals surface area (Å²) < 4.78 is 11.5. The molecule has 0 bridgehead atoms. The predicted octanol–water partition coefficient (Wildman–Crippen LogP) is 4.45. The lowest BCUT2D eigenvalue weighted by molar-refractivity contribution is -0.126. The van der Waals surface area contributed by atoms with Crippen molar-refractivity contribution in [2.45, 2.75) is 19.9 Å². The van der Waals surface area contributed by atoms with E-state index in [0.29, 0.717) is 30.2 Å². The number of methoxy groups -OCH3 is 1. The first-order valence-corrected chi connectivity index (χ1v) is 12.6. The number of rotatable bonds is 9. The first kappa shape index (κ1) is 26.2. The molecule has 8 nitrogen and oxygen atoms in total. The molecule has 2 N–H and O–H groups in total. The molecule has 1 atom stereocenters. The first-order valence-electron chi connectivity index (χ1n) is 11.8. The minimum absolute atomic E-state index is 0.110. The monoisotopic (exact) mass is 565 g/mol. The van der Waals surface area contributed by atoms with Crippen LogP contribution in [0.1, 0.15) is 17.5 Å². The van der Waals surface area contributed by atoms with E-state index in [1.54, 1.807) is 36.3 Å². The second-order valence-electron chi connectivity index (χ2n) is 8.79. The minimum Gasteiger partial charge on any atom is -0.497 e. The molecule has 1 saturated heterocycles. The average molecular weight is 566 g/mol. The van der Waals surface area contributed by atoms with Crippen molar-refractivity contribution in [3.63, 3.8) is 0 Å². The van der Waals surface area contributed by atoms with Crippen LogP contribution in [0.15, 0.2) is 71.2 Å². The van der Waals surface area contributed by atoms with Crippen LogP contribution in [0.25, 0.3) is 0 Å². The zero-order valence-corrected chi connectivity index (χ0v) is 22.2. The number of hydrogen-bond acceptors (Lipinski definition) is 5. The number of hydrogen-bond donors (Lipinski definition) is 2. The highest BCUT2D eigenvalue weighted by atomic mass is 79.9. The fourth-order valence-electron chi connectivity index (χ4n) is 3.99. The normalized spacial score (nSPS) is 14.8. The number of amides is 3. The van der Waals surface area contributed by atoms with Crippen LogP contribution < -0.4 is 25.0 Å². The maximum Gasteiger partial charge on any atom is 0.262 e. The van der Waals surface area contributed by atoms with Crippen LogP contribution in [0.2, 0.25) is 0 Å². The average Bonchev–Trinajstić information content (AvgIpc) is 3.30. The van der Waals surface area contributed by atoms with Crippen LogP contribution in [0.5, 0.6) is 11.5 Å². The van der Waals surface area contributed by atoms with Crippen molar-refractivity contribution in [3.05, 3.63) is 82.3 Å². The molecular formula is C28H28BrN3O5. The maximum atomic E-state index is 12.7. The minimum atomic E-state index is -0.425. The third-order valence-electron chi connectivity index (χ3n) is 6.04. The highest BCUT2D eigenvalue weighted by Gasteiger charge is 2.35. The number of nitrogens with one attached hydrogen (secondary N) is 2. The van der Waals surface area contributed by atoms with E-state index < -0.39 is 5.92 Å². The Balaban J connectivity index is 1.26. The summed E-state index contributed by atoms with van der Waals surface area (Å²) >= 11 is 3.44. The molecule has 0 unspecified atom stereocenters. The van der Waals surface area contributed by atoms with Crippen LogP contribution in [0, 0.1) is 12.8 Å². The summed E-state index contributed by atoms with van der Waals surface area (Å²) in [7, 11) is 1.60. The summed E-state index contributed by atoms with van der Waals surface area (Å²) in [5.74, 6) is 0.280. The number of carbonyl (C=O) groups is 3. The highest BCUT2D eigenvalue weighted by molar-refractivity contribution is 9.10. The van der Waals surface area contributed by atoms with Crippen molar-refractivity contribution in [2.24, 2.45) is 5.92 Å². The van der Waals surface area contributed by atoms with Crippen molar-refractivity contribution in [3.8, 4) is 11.5 Å². The van der Waals surface area contributed by atoms with Gasteiger partial charge < -0.3 is 25.0 Å². The Labute approximate surface area is 224 Å². The molecular weight excluding hydrogens is 538 g/mol. The van der Waals surface area contributed by atoms with Crippen molar-refractivity contribution in [1.29, 1.82) is 0 Å². The van der Waals surface area contributed by atoms with Crippen LogP contribution in [0.4, 0.5) is 11.4 Å². The van der Waals surface area contributed by atoms with Gasteiger partial charge in [0.25, 0.3) is 5.91 Å². The van der Waals surface area contributed by atoms with Crippen LogP contribution in [-0.2, 0) is 20.9 Å². The van der Waals surface area contributed by atoms with Gasteiger partial charge in [-0.05, 0) is 82.5 Å². The van der Waals surface area contributed by atoms with Gasteiger partial charge in [0.2, 0.25) is 11.8 Å². The Morgan fingerprint density at radius 1 is 1.03 bits per heavy atom. The number of carbonyl (C=O) groups excluding carboxylic acids is 3. The smallest absolute Gasteiger partial charge is 0.262 e. The molecule has 1 fully saturated rings. The van der Waals surface area contributed by atoms with E-state index in [9.17, 15) is 14.4 Å². The number of ether oxygens (including phenoxy) is 2. The number of halogens is 1. The van der Waals surface area contributed by atoms with E-state index in [2.05, 4.69) is 26.6 Å². The van der Waals surface area contributed by atoms with Gasteiger partial charge in [0.05, 0.1) is 18.7 Å². The van der Waals surface area contributed by atoms with Gasteiger partial charge >= 0.3 is 0 Å². The van der Waals surface area contributed by atoms with Gasteiger partial charge in [-0.1, -0.05) is 18.2 Å². The molecule has 192 valence electrons. The van der Waals surface area contributed by atoms with Crippen LogP contribution in [-0.4, -0.2) is 38.0 Å². The number of nitrogens with zero attached hydrogens (tertiary/aromatic N) is 1. The van der Waals surface area contributed by atoms with Crippen molar-refractivity contribution in [2.75, 3.05) is 30.5 Å². The topological polar surface area (TPSA) is 97.0 Å². The quantitative estimate of drug-likeness (QED) is 0.399. The molecule has 1 aliphatic rings. The summed E-state index contributed by atoms with van der Waals surface area (Å²) in [6.07, 6.45) is 0.154. The zero-order chi connectivity index (χ0) is 26.4. The van der Waals surface area contributed by atoms with Gasteiger partial charge in [0.15, 0.2) is 6.61 Å². The largest absolute Gasteiger partial charge is 0.497 e. The van der Waals surface area contributed by atoms with E-state index in [-0.39, 0.29) is 30.7 Å². The third kappa shape index (κ3) is 6.89. The molecule has 9 heteroatoms. The molecule has 0 spiro atoms. The molecule has 1 aliphatic heterocycles. The lowest BCUT2D eigenvalue weighted by atomic mass is 10.1. The Bertz CT molecular complexity index is 1280. The molecule has 4 rings (SSSR count). The lowest BCUT2D eigenvalue weighted by Crippen LogP contribution is -2.32. The van der Waals surface area contributed by atoms with E-state index in [4.69, 9.17) is 9.47 Å². The molecule has 3 amide bonds. The van der Waals surface area contributed by atoms with Crippen molar-refractivity contribution < 1.29 is 23.9 Å². The van der Waals surface area contributed by atoms with Crippen LogP contribution >= 0.6 is 15.9 Å². The Morgan fingerprint density at radius 3 is 2.41 bits per heavy atom. The van der Waals surface area contributed by atoms with E-state index in [1.807, 2.05) is 49.4 Å². The number of anilines is 2. The molecule has 0 saturated carbocycles. The third-order valence-corrected chi connectivity index (χ3v) is 6.69. The second kappa shape index (κ2) is 11.9. The summed E-state index contributed by atoms with van der Waals surface area (Å²) in [6.45, 7) is 2.51. The van der Waals surface area contributed by atoms with Crippen LogP contribution in [0.3, 0.4) is 0 Å². The van der Waals surface area contributed by atoms with E-state index in [0.717, 1.165) is 21.3 Å². The number of aryl methyl sites for hydroxylation is 1. The van der Waals surface area contributed by atoms with Gasteiger partial charge in [-0.25, -0.2) is 0 Å². The SMILES string of the molecule is COc1ccc(CNC(=O)[C@H]2CC(=O)N(c3ccc(OCC(=O)Nc4ccc(C)cc4Br)cc3)C2)cc1. The molecule has 0 aliphatic carbocycles. The molecule has 37 heavy (non-hydrogen) atoms. The second-order valence-corrected chi connectivity index (χ2v) is 9.64. The predicted molar refractivity (Wildman–Crippen MR) is 145 cm³/mol. The Hall–Kier alpha value is -3.85. The van der Waals surface area contributed by atoms with Gasteiger partial charge in [-0.15, -0.1) is 0 Å². The molecule has 3 aromatic rings. The van der Waals surface area contributed by atoms with Crippen molar-refractivity contribution >= 4 is 45.0 Å². The van der Waals surface area contributed by atoms with Gasteiger partial charge in [-0.3, -0.25) is 14.4 Å². The van der Waals surface area contributed by atoms with E-state index >= 15 is 0 Å². The van der Waals surface area contributed by atoms with Gasteiger partial charge in [-0.2, -0.15) is 0 Å². The summed E-state index contributed by atoms with van der Waals surface area (Å²) in [5, 5.41) is 5.72. The Kier molecular flexibility index (Phi) is 8.45. The molecule has 0 radical (unpaired) electrons. The van der Waals surface area contributed by atoms with Crippen molar-refractivity contribution in [1.82, 2.24) is 5.32 Å². The fraction of sp³-hybridized carbons (Fsp3) is 0.250. The molecule has 1 heterocycles. The summed E-state index contributed by atoms with van der Waals surface area (Å²) in [6, 6.07) is 20.0. The highest BCUT2D eigenvalue weighted by Crippen LogP contribution is 2.27. The molecule has 0 aromatic heterocycles. The van der Waals surface area contributed by atoms with Gasteiger partial charge in [0, 0.05) is 29.7 Å². The van der Waals surface area contributed by atoms with Gasteiger partial charge in [0.1, 0.15) is 11.5 Å². The van der Waals surface area contributed by atoms with E-state index in [1.165, 1.54) is 0 Å². The fourth-order valence-corrected chi connectivity index (χ4v) is 4.58. The molecule has 3 aromatic carbocycles. The maximum absolute atomic E-state index is 12.7. The summed E-state index contributed by atoms with van der Waals surface area (Å²) in [5.41, 5.74) is 3.38. The Morgan fingerprint density at radius 2 is 1.73 bits per heavy atom. The number of benzene rings is 3. The first-order chi connectivity index (χ1) is 17.8.